The van der Waals surface area contributed by atoms with Gasteiger partial charge in [-0.1, -0.05) is 0 Å². The summed E-state index contributed by atoms with van der Waals surface area (Å²) < 4.78 is 0. The predicted molar refractivity (Wildman–Crippen MR) is 477 cm³/mol. The Kier molecular flexibility index (Phi) is 23.8. The van der Waals surface area contributed by atoms with Crippen molar-refractivity contribution >= 4 is 177 Å². The van der Waals surface area contributed by atoms with Crippen LogP contribution >= 0.6 is 33.6 Å². The summed E-state index contributed by atoms with van der Waals surface area (Å²) in [5.74, 6) is 0. The van der Waals surface area contributed by atoms with Crippen molar-refractivity contribution in [3.05, 3.63) is 115 Å². The normalized spacial score (nSPS) is 20.7. The summed E-state index contributed by atoms with van der Waals surface area (Å²) in [6.07, 6.45) is -5.39. The van der Waals surface area contributed by atoms with Gasteiger partial charge < -0.3 is 0 Å². The Balaban J connectivity index is 1.98. The van der Waals surface area contributed by atoms with Gasteiger partial charge in [0.1, 0.15) is 0 Å². The van der Waals surface area contributed by atoms with Gasteiger partial charge in [-0.3, -0.25) is 0 Å². The van der Waals surface area contributed by atoms with Crippen LogP contribution in [-0.4, -0.2) is 122 Å². The van der Waals surface area contributed by atoms with Crippen molar-refractivity contribution in [2.45, 2.75) is 308 Å². The molecule has 0 N–H and O–H groups in total. The van der Waals surface area contributed by atoms with Crippen molar-refractivity contribution < 1.29 is 0 Å². The Morgan fingerprint density at radius 2 is 0.385 bits per heavy atom. The first-order chi connectivity index (χ1) is 40.1. The minimum absolute atomic E-state index is 0.665. The van der Waals surface area contributed by atoms with Crippen LogP contribution in [0.4, 0.5) is 0 Å². The van der Waals surface area contributed by atoms with E-state index in [1.165, 1.54) is 11.1 Å². The molecule has 19 heteroatoms. The van der Waals surface area contributed by atoms with E-state index in [9.17, 15) is 0 Å². The maximum absolute atomic E-state index is 3.45. The second-order valence-corrected chi connectivity index (χ2v) is 177. The molecule has 512 valence electrons. The predicted octanol–water partition coefficient (Wildman–Crippen LogP) is 23.8. The molecule has 0 saturated carbocycles. The van der Waals surface area contributed by atoms with E-state index in [1.54, 1.807) is 33.4 Å². The average Bonchev–Trinajstić information content (AvgIpc) is 0.671. The van der Waals surface area contributed by atoms with Crippen molar-refractivity contribution in [1.29, 1.82) is 0 Å². The molecule has 0 atom stereocenters. The van der Waals surface area contributed by atoms with Crippen molar-refractivity contribution in [2.24, 2.45) is 0 Å². The van der Waals surface area contributed by atoms with E-state index < -0.39 is 122 Å². The van der Waals surface area contributed by atoms with Gasteiger partial charge in [-0.15, -0.1) is 0 Å². The first kappa shape index (κ1) is 82.1. The van der Waals surface area contributed by atoms with Crippen molar-refractivity contribution in [3.8, 4) is 0 Å². The molecule has 0 bridgehead atoms. The van der Waals surface area contributed by atoms with Gasteiger partial charge in [-0.2, -0.15) is 0 Å². The molecule has 4 aromatic carbocycles. The molecule has 2 aliphatic rings. The SMILES string of the molecule is Cc1cc(C)c([Si]2(c3c(C([Si](C)(C)C)[Si](C)(C)C)cc(C([Si](C)(C)C)[Si](C)(C)C)cc3C([Si](C)(C)C)[Si](C)(C)C)[S][Sn]3([S]2)[S][Si](c2c(C)cc(C)cc2C)(c2c(C([Si](C)(C)C)[Si](C)(C)C)cc(C([Si](C)(C)C)[Si](C)(C)C)cc2C([Si](C)(C)C)[Si](C)(C)C)[S]3)c(C)c1. The van der Waals surface area contributed by atoms with Crippen LogP contribution in [0.1, 0.15) is 97.7 Å². The van der Waals surface area contributed by atoms with E-state index >= 15 is 0 Å². The molecular formula is C72H140S4Si14Sn. The summed E-state index contributed by atoms with van der Waals surface area (Å²) in [6.45, 7) is 116. The minimum atomic E-state index is -3.45. The van der Waals surface area contributed by atoms with Crippen LogP contribution in [0.3, 0.4) is 0 Å². The van der Waals surface area contributed by atoms with Gasteiger partial charge in [0.2, 0.25) is 0 Å². The number of rotatable bonds is 22. The summed E-state index contributed by atoms with van der Waals surface area (Å²) in [6, 6.07) is 23.0. The van der Waals surface area contributed by atoms with Crippen LogP contribution in [0.15, 0.2) is 48.5 Å². The van der Waals surface area contributed by atoms with Gasteiger partial charge in [0.05, 0.1) is 0 Å². The zero-order valence-corrected chi connectivity index (χ0v) is 87.3. The first-order valence-corrected chi connectivity index (χ1v) is 103. The maximum atomic E-state index is 3.09. The fourth-order valence-electron chi connectivity index (χ4n) is 21.8. The van der Waals surface area contributed by atoms with E-state index in [1.807, 2.05) is 43.0 Å². The molecule has 4 aromatic rings. The fraction of sp³-hybridized carbons (Fsp3) is 0.667. The topological polar surface area (TPSA) is 0 Å². The fourth-order valence-corrected chi connectivity index (χ4v) is 360. The molecule has 0 amide bonds. The number of aryl methyl sites for hydroxylation is 6. The Morgan fingerprint density at radius 1 is 0.231 bits per heavy atom. The van der Waals surface area contributed by atoms with E-state index in [-0.39, 0.29) is 0 Å². The Morgan fingerprint density at radius 3 is 0.527 bits per heavy atom. The van der Waals surface area contributed by atoms with Gasteiger partial charge in [0.25, 0.3) is 0 Å². The molecule has 0 radical (unpaired) electrons. The third kappa shape index (κ3) is 16.9. The molecule has 6 rings (SSSR count). The van der Waals surface area contributed by atoms with Gasteiger partial charge >= 0.3 is 600 Å². The van der Waals surface area contributed by atoms with Crippen LogP contribution < -0.4 is 20.7 Å². The Labute approximate surface area is 593 Å². The van der Waals surface area contributed by atoms with Crippen LogP contribution in [0.5, 0.6) is 0 Å². The first-order valence-electron chi connectivity index (χ1n) is 35.4. The van der Waals surface area contributed by atoms with Crippen LogP contribution in [0, 0.1) is 41.5 Å². The van der Waals surface area contributed by atoms with Crippen molar-refractivity contribution in [2.75, 3.05) is 0 Å². The van der Waals surface area contributed by atoms with Crippen LogP contribution in [-0.2, 0) is 0 Å². The molecule has 0 aromatic heterocycles. The van der Waals surface area contributed by atoms with Crippen LogP contribution in [0.25, 0.3) is 0 Å². The molecule has 2 heterocycles. The summed E-state index contributed by atoms with van der Waals surface area (Å²) in [7, 11) is -10.1. The molecule has 0 unspecified atom stereocenters. The molecular weight excluding hydrogens is 1500 g/mol. The number of hydrogen-bond acceptors (Lipinski definition) is 4. The van der Waals surface area contributed by atoms with E-state index in [2.05, 4.69) is 359 Å². The van der Waals surface area contributed by atoms with Crippen molar-refractivity contribution in [3.63, 3.8) is 0 Å². The monoisotopic (exact) mass is 1640 g/mol. The summed E-state index contributed by atoms with van der Waals surface area (Å²) >= 11 is -3.45. The zero-order chi connectivity index (χ0) is 70.7. The molecule has 0 aliphatic carbocycles. The quantitative estimate of drug-likeness (QED) is 0.0719. The summed E-state index contributed by atoms with van der Waals surface area (Å²) in [4.78, 5) is 0. The Hall–Kier alpha value is 2.12. The number of hydrogen-bond donors (Lipinski definition) is 0. The zero-order valence-electron chi connectivity index (χ0n) is 67.2. The molecule has 91 heavy (non-hydrogen) atoms. The van der Waals surface area contributed by atoms with Gasteiger partial charge in [-0.25, -0.2) is 0 Å². The molecule has 2 fully saturated rings. The van der Waals surface area contributed by atoms with Gasteiger partial charge in [-0.05, 0) is 0 Å². The molecule has 2 saturated heterocycles. The van der Waals surface area contributed by atoms with E-state index in [4.69, 9.17) is 0 Å². The molecule has 0 nitrogen and oxygen atoms in total. The van der Waals surface area contributed by atoms with Crippen molar-refractivity contribution in [1.82, 2.24) is 0 Å². The van der Waals surface area contributed by atoms with Crippen LogP contribution in [0.2, 0.25) is 236 Å². The molecule has 2 aliphatic heterocycles. The van der Waals surface area contributed by atoms with Gasteiger partial charge in [0.15, 0.2) is 0 Å². The van der Waals surface area contributed by atoms with E-state index in [0.29, 0.717) is 31.0 Å². The second kappa shape index (κ2) is 26.4. The Bertz CT molecular complexity index is 2890. The average molecular weight is 1650 g/mol. The summed E-state index contributed by atoms with van der Waals surface area (Å²) in [5, 5.41) is 11.7. The number of benzene rings is 4. The molecule has 1 spiro atoms. The van der Waals surface area contributed by atoms with Gasteiger partial charge in [0, 0.05) is 0 Å². The summed E-state index contributed by atoms with van der Waals surface area (Å²) in [5.41, 5.74) is 20.6. The standard InChI is InChI=1S/2C36H70S2Si7.Sn/c2*1-26-22-27(2)32(28(3)23-26)45(37,38)33-30(35(41(10,11)12)42(13,14)15)24-29(34(39(4,5)6)40(7,8)9)25-31(33)36(43(16,17)18)44(19,20)21;/h2*22-25,34-36H,1-21H3;/q2*-2;+4. The third-order valence-electron chi connectivity index (χ3n) is 20.5. The second-order valence-electron chi connectivity index (χ2n) is 42.8. The van der Waals surface area contributed by atoms with E-state index in [0.717, 1.165) is 0 Å². The third-order valence-corrected chi connectivity index (χ3v) is 231.